The third-order valence-electron chi connectivity index (χ3n) is 19.4. The summed E-state index contributed by atoms with van der Waals surface area (Å²) >= 11 is 0. The Bertz CT molecular complexity index is 1760. The van der Waals surface area contributed by atoms with Crippen molar-refractivity contribution in [2.24, 2.45) is 81.8 Å². The molecule has 0 aromatic carbocycles. The summed E-state index contributed by atoms with van der Waals surface area (Å²) in [5.74, 6) is 8.48. The van der Waals surface area contributed by atoms with E-state index in [1.165, 1.54) is 81.8 Å². The number of aromatic nitrogens is 5. The molecule has 8 aliphatic carbocycles. The second-order valence-electron chi connectivity index (χ2n) is 22.2. The highest BCUT2D eigenvalue weighted by molar-refractivity contribution is 5.17. The Morgan fingerprint density at radius 1 is 0.638 bits per heavy atom. The molecule has 2 N–H and O–H groups in total. The average molecular weight is 802 g/mol. The maximum Gasteiger partial charge on any atom is 0.266 e. The zero-order valence-electron chi connectivity index (χ0n) is 35.8. The van der Waals surface area contributed by atoms with Crippen LogP contribution < -0.4 is 0 Å². The summed E-state index contributed by atoms with van der Waals surface area (Å²) in [5.41, 5.74) is 1.27. The minimum Gasteiger partial charge on any atom is -0.390 e. The number of hydrogen-bond acceptors (Lipinski definition) is 5. The van der Waals surface area contributed by atoms with Crippen LogP contribution in [0.2, 0.25) is 0 Å². The molecule has 0 bridgehead atoms. The lowest BCUT2D eigenvalue weighted by atomic mass is 9.48. The summed E-state index contributed by atoms with van der Waals surface area (Å²) in [6, 6.07) is 0. The smallest absolute Gasteiger partial charge is 0.266 e. The van der Waals surface area contributed by atoms with Crippen LogP contribution in [0.5, 0.6) is 0 Å². The zero-order valence-corrected chi connectivity index (χ0v) is 35.8. The fourth-order valence-corrected chi connectivity index (χ4v) is 16.9. The van der Waals surface area contributed by atoms with Crippen molar-refractivity contribution in [3.63, 3.8) is 0 Å². The standard InChI is InChI=1S/C25H36F2N2O.C24H37N3O/c1-16(14-29-12-11-28-15-29)21-5-6-22-20-4-3-17-13-25(30,23(26)27)10-8-18(17)19(20)7-9-24(21,22)2;1-16(15-27-25-12-13-26-27)21-6-7-22-20-5-4-17-14-23(2,28)10-8-18(17)19(20)9-11-24(21,22)3/h11-12,15,17-23,30H,1,3-10,13-14H2,2H3;12-13,17-22,28H,1,4-11,14-15H2,2-3H3/t17-,18+,19-,20-,21-,22+,24-,25-;17-,18+,19-,20-,21-,22+,23-,24-/m11/s1. The Kier molecular flexibility index (Phi) is 11.0. The van der Waals surface area contributed by atoms with Crippen molar-refractivity contribution in [2.45, 2.75) is 167 Å². The quantitative estimate of drug-likeness (QED) is 0.272. The van der Waals surface area contributed by atoms with E-state index in [0.717, 1.165) is 86.6 Å². The number of nitrogens with zero attached hydrogens (tertiary/aromatic N) is 5. The van der Waals surface area contributed by atoms with Crippen LogP contribution in [0.1, 0.15) is 136 Å². The van der Waals surface area contributed by atoms with Crippen LogP contribution in [0.25, 0.3) is 0 Å². The fraction of sp³-hybridized carbons (Fsp3) is 0.816. The van der Waals surface area contributed by atoms with Crippen molar-refractivity contribution in [3.05, 3.63) is 55.4 Å². The molecule has 0 unspecified atom stereocenters. The lowest BCUT2D eigenvalue weighted by Gasteiger charge is -2.57. The van der Waals surface area contributed by atoms with Gasteiger partial charge in [0.05, 0.1) is 30.9 Å². The highest BCUT2D eigenvalue weighted by atomic mass is 19.3. The maximum atomic E-state index is 13.4. The third kappa shape index (κ3) is 7.19. The first kappa shape index (κ1) is 41.0. The van der Waals surface area contributed by atoms with Gasteiger partial charge in [0.25, 0.3) is 6.43 Å². The fourth-order valence-electron chi connectivity index (χ4n) is 16.9. The second kappa shape index (κ2) is 15.5. The van der Waals surface area contributed by atoms with Crippen LogP contribution in [-0.2, 0) is 13.1 Å². The molecule has 8 fully saturated rings. The monoisotopic (exact) mass is 802 g/mol. The van der Waals surface area contributed by atoms with Gasteiger partial charge in [0, 0.05) is 18.9 Å². The molecule has 2 heterocycles. The number of halogens is 2. The molecular formula is C49H73F2N5O2. The Labute approximate surface area is 346 Å². The van der Waals surface area contributed by atoms with Crippen LogP contribution in [-0.4, -0.2) is 52.4 Å². The van der Waals surface area contributed by atoms with Gasteiger partial charge in [-0.05, 0) is 204 Å². The number of fused-ring (bicyclic) bond motifs is 10. The Hall–Kier alpha value is -2.39. The topological polar surface area (TPSA) is 89.0 Å². The molecule has 10 rings (SSSR count). The summed E-state index contributed by atoms with van der Waals surface area (Å²) < 4.78 is 29.0. The van der Waals surface area contributed by atoms with Crippen molar-refractivity contribution in [3.8, 4) is 0 Å². The van der Waals surface area contributed by atoms with Gasteiger partial charge in [-0.3, -0.25) is 0 Å². The molecular weight excluding hydrogens is 729 g/mol. The van der Waals surface area contributed by atoms with Crippen molar-refractivity contribution in [1.82, 2.24) is 24.5 Å². The van der Waals surface area contributed by atoms with E-state index in [2.05, 4.69) is 53.7 Å². The van der Waals surface area contributed by atoms with Crippen LogP contribution in [0.15, 0.2) is 55.4 Å². The van der Waals surface area contributed by atoms with E-state index in [-0.39, 0.29) is 12.3 Å². The zero-order chi connectivity index (χ0) is 40.6. The van der Waals surface area contributed by atoms with Gasteiger partial charge < -0.3 is 14.8 Å². The van der Waals surface area contributed by atoms with E-state index in [4.69, 9.17) is 0 Å². The van der Waals surface area contributed by atoms with Gasteiger partial charge in [0.2, 0.25) is 0 Å². The van der Waals surface area contributed by atoms with Crippen LogP contribution in [0.3, 0.4) is 0 Å². The molecule has 58 heavy (non-hydrogen) atoms. The Morgan fingerprint density at radius 3 is 1.72 bits per heavy atom. The van der Waals surface area contributed by atoms with E-state index in [9.17, 15) is 19.0 Å². The number of alkyl halides is 2. The van der Waals surface area contributed by atoms with Crippen LogP contribution in [0, 0.1) is 81.8 Å². The number of imidazole rings is 1. The van der Waals surface area contributed by atoms with E-state index >= 15 is 0 Å². The largest absolute Gasteiger partial charge is 0.390 e. The maximum absolute atomic E-state index is 13.4. The summed E-state index contributed by atoms with van der Waals surface area (Å²) in [7, 11) is 0. The number of allylic oxidation sites excluding steroid dienone is 2. The molecule has 2 aromatic heterocycles. The van der Waals surface area contributed by atoms with Gasteiger partial charge in [0.1, 0.15) is 5.60 Å². The van der Waals surface area contributed by atoms with Crippen molar-refractivity contribution in [1.29, 1.82) is 0 Å². The lowest BCUT2D eigenvalue weighted by molar-refractivity contribution is -0.158. The molecule has 0 saturated heterocycles. The summed E-state index contributed by atoms with van der Waals surface area (Å²) in [5, 5.41) is 29.6. The lowest BCUT2D eigenvalue weighted by Crippen LogP contribution is -2.52. The molecule has 0 aliphatic heterocycles. The summed E-state index contributed by atoms with van der Waals surface area (Å²) in [4.78, 5) is 5.97. The van der Waals surface area contributed by atoms with E-state index in [1.807, 2.05) is 18.7 Å². The van der Waals surface area contributed by atoms with Gasteiger partial charge in [-0.2, -0.15) is 15.0 Å². The third-order valence-corrected chi connectivity index (χ3v) is 19.4. The molecule has 0 amide bonds. The average Bonchev–Trinajstić information content (AvgIpc) is 4.01. The molecule has 8 aliphatic rings. The number of aliphatic hydroxyl groups is 2. The molecule has 0 spiro atoms. The highest BCUT2D eigenvalue weighted by Gasteiger charge is 2.60. The first-order valence-electron chi connectivity index (χ1n) is 23.6. The van der Waals surface area contributed by atoms with Gasteiger partial charge in [0.15, 0.2) is 0 Å². The predicted molar refractivity (Wildman–Crippen MR) is 223 cm³/mol. The van der Waals surface area contributed by atoms with Crippen molar-refractivity contribution >= 4 is 0 Å². The predicted octanol–water partition coefficient (Wildman–Crippen LogP) is 10.6. The van der Waals surface area contributed by atoms with Crippen LogP contribution >= 0.6 is 0 Å². The van der Waals surface area contributed by atoms with E-state index in [0.29, 0.717) is 40.9 Å². The Morgan fingerprint density at radius 2 is 1.17 bits per heavy atom. The number of hydrogen-bond donors (Lipinski definition) is 2. The molecule has 16 atom stereocenters. The second-order valence-corrected chi connectivity index (χ2v) is 22.2. The van der Waals surface area contributed by atoms with E-state index in [1.54, 1.807) is 17.2 Å². The molecule has 0 radical (unpaired) electrons. The highest BCUT2D eigenvalue weighted by Crippen LogP contribution is 2.67. The van der Waals surface area contributed by atoms with E-state index < -0.39 is 17.6 Å². The minimum atomic E-state index is -2.61. The Balaban J connectivity index is 0.000000151. The SMILES string of the molecule is C=C(Cn1ccnc1)[C@H]1CC[C@H]2[C@@H]3CC[C@@H]4C[C@@](O)(C(F)F)CC[C@@H]4[C@H]3CC[C@]12C.C=C(Cn1nccn1)[C@H]1CC[C@H]2[C@@H]3CC[C@@H]4C[C@](C)(O)CC[C@@H]4[C@H]3CC[C@]12C. The van der Waals surface area contributed by atoms with Gasteiger partial charge in [-0.25, -0.2) is 13.8 Å². The number of rotatable bonds is 7. The van der Waals surface area contributed by atoms with Gasteiger partial charge in [-0.1, -0.05) is 38.2 Å². The normalized spacial score (nSPS) is 46.7. The van der Waals surface area contributed by atoms with Crippen molar-refractivity contribution in [2.75, 3.05) is 0 Å². The first-order valence-corrected chi connectivity index (χ1v) is 23.6. The molecule has 2 aromatic rings. The summed E-state index contributed by atoms with van der Waals surface area (Å²) in [6.45, 7) is 17.8. The molecule has 9 heteroatoms. The first-order chi connectivity index (χ1) is 27.7. The molecule has 8 saturated carbocycles. The van der Waals surface area contributed by atoms with Gasteiger partial charge >= 0.3 is 0 Å². The van der Waals surface area contributed by atoms with Gasteiger partial charge in [-0.15, -0.1) is 0 Å². The molecule has 320 valence electrons. The van der Waals surface area contributed by atoms with Crippen LogP contribution in [0.4, 0.5) is 8.78 Å². The molecule has 7 nitrogen and oxygen atoms in total. The minimum absolute atomic E-state index is 0.279. The van der Waals surface area contributed by atoms with Crippen molar-refractivity contribution < 1.29 is 19.0 Å². The summed E-state index contributed by atoms with van der Waals surface area (Å²) in [6.07, 6.45) is 26.6.